The summed E-state index contributed by atoms with van der Waals surface area (Å²) in [6, 6.07) is 0. The number of carbonyl (C=O) groups excluding carboxylic acids is 1. The Hall–Kier alpha value is -0.465. The summed E-state index contributed by atoms with van der Waals surface area (Å²) in [6.45, 7) is 5.98. The van der Waals surface area contributed by atoms with Crippen LogP contribution in [0.2, 0.25) is 17.5 Å². The van der Waals surface area contributed by atoms with Crippen LogP contribution in [0.3, 0.4) is 0 Å². The number of fused-ring (bicyclic) bond motifs is 2. The highest BCUT2D eigenvalue weighted by Gasteiger charge is 2.41. The van der Waals surface area contributed by atoms with Gasteiger partial charge < -0.3 is 4.74 Å². The van der Waals surface area contributed by atoms with Crippen molar-refractivity contribution < 1.29 is 9.53 Å². The summed E-state index contributed by atoms with van der Waals surface area (Å²) in [7, 11) is 0. The molecule has 0 radical (unpaired) electrons. The predicted octanol–water partition coefficient (Wildman–Crippen LogP) is 6.66. The van der Waals surface area contributed by atoms with Gasteiger partial charge >= 0.3 is 5.97 Å². The van der Waals surface area contributed by atoms with E-state index in [2.05, 4.69) is 6.92 Å². The molecule has 2 bridgehead atoms. The second-order valence-corrected chi connectivity index (χ2v) is 8.40. The molecule has 0 aliphatic carbocycles. The van der Waals surface area contributed by atoms with Gasteiger partial charge in [-0.1, -0.05) is 101 Å². The largest absolute Gasteiger partial charge is 0.466 e. The van der Waals surface area contributed by atoms with Gasteiger partial charge in [0.2, 0.25) is 0 Å². The number of ether oxygens (including phenoxy) is 1. The van der Waals surface area contributed by atoms with Gasteiger partial charge in [0.15, 0.2) is 0 Å². The normalized spacial score (nSPS) is 24.7. The molecular weight excluding hydrogens is 295 g/mol. The third-order valence-corrected chi connectivity index (χ3v) is 6.64. The van der Waals surface area contributed by atoms with Crippen molar-refractivity contribution >= 4 is 12.7 Å². The van der Waals surface area contributed by atoms with Gasteiger partial charge in [0.1, 0.15) is 6.71 Å². The van der Waals surface area contributed by atoms with Gasteiger partial charge in [-0.15, -0.1) is 0 Å². The third-order valence-electron chi connectivity index (χ3n) is 6.64. The van der Waals surface area contributed by atoms with Crippen LogP contribution in [-0.4, -0.2) is 19.3 Å². The number of hydrogen-bond acceptors (Lipinski definition) is 2. The first-order valence-corrected chi connectivity index (χ1v) is 10.9. The van der Waals surface area contributed by atoms with Crippen molar-refractivity contribution in [3.05, 3.63) is 0 Å². The summed E-state index contributed by atoms with van der Waals surface area (Å²) >= 11 is 0. The Morgan fingerprint density at radius 2 is 1.50 bits per heavy atom. The molecule has 0 N–H and O–H groups in total. The van der Waals surface area contributed by atoms with Crippen molar-refractivity contribution in [1.82, 2.24) is 0 Å². The van der Waals surface area contributed by atoms with E-state index < -0.39 is 0 Å². The zero-order chi connectivity index (χ0) is 17.2. The molecule has 0 aromatic carbocycles. The highest BCUT2D eigenvalue weighted by molar-refractivity contribution is 6.64. The number of unbranched alkanes of at least 4 members (excludes halogenated alkanes) is 5. The van der Waals surface area contributed by atoms with Gasteiger partial charge in [-0.05, 0) is 13.3 Å². The zero-order valence-electron chi connectivity index (χ0n) is 16.2. The summed E-state index contributed by atoms with van der Waals surface area (Å²) in [4.78, 5) is 11.3. The van der Waals surface area contributed by atoms with E-state index in [9.17, 15) is 4.79 Å². The lowest BCUT2D eigenvalue weighted by Gasteiger charge is -2.43. The molecular formula is C21H39BO2. The molecule has 2 saturated heterocycles. The minimum absolute atomic E-state index is 0.0237. The Balaban J connectivity index is 1.49. The van der Waals surface area contributed by atoms with Crippen molar-refractivity contribution in [1.29, 1.82) is 0 Å². The molecule has 0 spiro atoms. The molecule has 0 saturated carbocycles. The quantitative estimate of drug-likeness (QED) is 0.240. The van der Waals surface area contributed by atoms with Crippen LogP contribution in [0, 0.1) is 0 Å². The second kappa shape index (κ2) is 11.2. The number of carbonyl (C=O) groups is 1. The van der Waals surface area contributed by atoms with Crippen LogP contribution in [0.1, 0.15) is 104 Å². The van der Waals surface area contributed by atoms with Crippen LogP contribution in [0.25, 0.3) is 0 Å². The molecule has 2 fully saturated rings. The molecule has 2 aliphatic rings. The Bertz CT molecular complexity index is 336. The summed E-state index contributed by atoms with van der Waals surface area (Å²) < 4.78 is 4.96. The molecule has 138 valence electrons. The number of rotatable bonds is 11. The fourth-order valence-electron chi connectivity index (χ4n) is 5.53. The van der Waals surface area contributed by atoms with E-state index in [1.165, 1.54) is 77.0 Å². The Kier molecular flexibility index (Phi) is 9.27. The molecule has 24 heavy (non-hydrogen) atoms. The zero-order valence-corrected chi connectivity index (χ0v) is 16.2. The first kappa shape index (κ1) is 19.9. The van der Waals surface area contributed by atoms with Crippen LogP contribution in [0.15, 0.2) is 0 Å². The minimum Gasteiger partial charge on any atom is -0.466 e. The summed E-state index contributed by atoms with van der Waals surface area (Å²) in [5, 5.41) is 0. The second-order valence-electron chi connectivity index (χ2n) is 8.40. The first-order valence-electron chi connectivity index (χ1n) is 10.9. The molecule has 2 nitrogen and oxygen atoms in total. The fraction of sp³-hybridized carbons (Fsp3) is 0.952. The minimum atomic E-state index is -0.0237. The number of esters is 1. The lowest BCUT2D eigenvalue weighted by molar-refractivity contribution is -0.143. The van der Waals surface area contributed by atoms with Crippen LogP contribution in [0.4, 0.5) is 0 Å². The molecule has 2 rings (SSSR count). The maximum atomic E-state index is 11.3. The van der Waals surface area contributed by atoms with Crippen molar-refractivity contribution in [3.63, 3.8) is 0 Å². The van der Waals surface area contributed by atoms with E-state index in [1.807, 2.05) is 6.92 Å². The Labute approximate surface area is 150 Å². The first-order chi connectivity index (χ1) is 11.7. The van der Waals surface area contributed by atoms with Gasteiger partial charge in [0.25, 0.3) is 0 Å². The predicted molar refractivity (Wildman–Crippen MR) is 104 cm³/mol. The molecule has 2 aliphatic heterocycles. The third kappa shape index (κ3) is 6.45. The van der Waals surface area contributed by atoms with Crippen LogP contribution >= 0.6 is 0 Å². The van der Waals surface area contributed by atoms with Crippen LogP contribution < -0.4 is 0 Å². The van der Waals surface area contributed by atoms with Gasteiger partial charge in [-0.3, -0.25) is 4.79 Å². The highest BCUT2D eigenvalue weighted by atomic mass is 16.5. The van der Waals surface area contributed by atoms with Crippen molar-refractivity contribution in [2.24, 2.45) is 0 Å². The molecule has 3 heteroatoms. The van der Waals surface area contributed by atoms with Crippen LogP contribution in [-0.2, 0) is 9.53 Å². The smallest absolute Gasteiger partial charge is 0.305 e. The van der Waals surface area contributed by atoms with E-state index in [-0.39, 0.29) is 5.97 Å². The molecule has 2 heterocycles. The van der Waals surface area contributed by atoms with E-state index >= 15 is 0 Å². The van der Waals surface area contributed by atoms with Gasteiger partial charge in [0, 0.05) is 6.42 Å². The lowest BCUT2D eigenvalue weighted by atomic mass is 9.22. The van der Waals surface area contributed by atoms with Crippen molar-refractivity contribution in [2.45, 2.75) is 121 Å². The molecule has 1 unspecified atom stereocenters. The van der Waals surface area contributed by atoms with Gasteiger partial charge in [0.05, 0.1) is 6.61 Å². The fourth-order valence-corrected chi connectivity index (χ4v) is 5.53. The van der Waals surface area contributed by atoms with E-state index in [4.69, 9.17) is 4.74 Å². The van der Waals surface area contributed by atoms with Gasteiger partial charge in [-0.25, -0.2) is 0 Å². The van der Waals surface area contributed by atoms with Crippen LogP contribution in [0.5, 0.6) is 0 Å². The summed E-state index contributed by atoms with van der Waals surface area (Å²) in [6.07, 6.45) is 18.7. The average Bonchev–Trinajstić information content (AvgIpc) is 2.56. The molecule has 0 aromatic rings. The topological polar surface area (TPSA) is 26.3 Å². The summed E-state index contributed by atoms with van der Waals surface area (Å²) in [5.74, 6) is 3.06. The average molecular weight is 334 g/mol. The Morgan fingerprint density at radius 3 is 2.08 bits per heavy atom. The maximum Gasteiger partial charge on any atom is 0.305 e. The molecule has 0 aromatic heterocycles. The molecule has 1 atom stereocenters. The monoisotopic (exact) mass is 334 g/mol. The SMILES string of the molecule is CCOC(=O)CCCCCCCCC(C)B1C2CCCC1CCC2. The van der Waals surface area contributed by atoms with Crippen molar-refractivity contribution in [3.8, 4) is 0 Å². The highest BCUT2D eigenvalue weighted by Crippen LogP contribution is 2.51. The Morgan fingerprint density at radius 1 is 0.958 bits per heavy atom. The van der Waals surface area contributed by atoms with E-state index in [0.29, 0.717) is 13.0 Å². The number of hydrogen-bond donors (Lipinski definition) is 0. The van der Waals surface area contributed by atoms with E-state index in [0.717, 1.165) is 30.6 Å². The van der Waals surface area contributed by atoms with Gasteiger partial charge in [-0.2, -0.15) is 0 Å². The lowest BCUT2D eigenvalue weighted by Crippen LogP contribution is -2.37. The standard InChI is InChI=1S/C21H39BO2/c1-3-24-21(23)17-9-7-5-4-6-8-12-18(2)22-19-13-10-14-20(22)16-11-15-19/h18-20H,3-17H2,1-2H3. The maximum absolute atomic E-state index is 11.3. The summed E-state index contributed by atoms with van der Waals surface area (Å²) in [5.41, 5.74) is 0. The molecule has 0 amide bonds. The van der Waals surface area contributed by atoms with Crippen molar-refractivity contribution in [2.75, 3.05) is 6.61 Å². The van der Waals surface area contributed by atoms with E-state index in [1.54, 1.807) is 0 Å².